The summed E-state index contributed by atoms with van der Waals surface area (Å²) >= 11 is 1.49. The highest BCUT2D eigenvalue weighted by Gasteiger charge is 2.19. The standard InChI is InChI=1S/C20H19N5O3S/c1-3-6-12-9-14-19(29-12)21-10-25(20(14)28)11(2)17(26)24-23-16-13-7-4-5-8-15(13)22-18(16)27/h4-5,7-11,22,27H,3,6H2,1-2H3/t11-/m0/s1. The van der Waals surface area contributed by atoms with E-state index in [9.17, 15) is 14.7 Å². The van der Waals surface area contributed by atoms with Crippen molar-refractivity contribution in [3.8, 4) is 5.88 Å². The molecule has 0 aliphatic heterocycles. The van der Waals surface area contributed by atoms with Crippen molar-refractivity contribution in [1.82, 2.24) is 14.5 Å². The molecule has 1 aromatic carbocycles. The van der Waals surface area contributed by atoms with Gasteiger partial charge in [0.2, 0.25) is 5.88 Å². The zero-order chi connectivity index (χ0) is 20.5. The van der Waals surface area contributed by atoms with Gasteiger partial charge in [0.15, 0.2) is 5.69 Å². The molecule has 0 aliphatic rings. The first-order chi connectivity index (χ1) is 14.0. The summed E-state index contributed by atoms with van der Waals surface area (Å²) in [5, 5.41) is 18.8. The second-order valence-corrected chi connectivity index (χ2v) is 7.84. The fourth-order valence-corrected chi connectivity index (χ4v) is 4.24. The Kier molecular flexibility index (Phi) is 4.98. The number of amides is 1. The van der Waals surface area contributed by atoms with Crippen LogP contribution in [0.25, 0.3) is 21.1 Å². The van der Waals surface area contributed by atoms with Crippen molar-refractivity contribution < 1.29 is 9.90 Å². The number of benzene rings is 1. The van der Waals surface area contributed by atoms with Crippen LogP contribution in [-0.4, -0.2) is 25.5 Å². The molecule has 1 atom stereocenters. The molecule has 1 amide bonds. The highest BCUT2D eigenvalue weighted by molar-refractivity contribution is 7.18. The quantitative estimate of drug-likeness (QED) is 0.474. The molecule has 3 heterocycles. The third kappa shape index (κ3) is 3.44. The number of nitrogens with zero attached hydrogens (tertiary/aromatic N) is 4. The molecule has 4 aromatic rings. The summed E-state index contributed by atoms with van der Waals surface area (Å²) in [5.41, 5.74) is 0.592. The van der Waals surface area contributed by atoms with E-state index in [2.05, 4.69) is 27.1 Å². The molecule has 29 heavy (non-hydrogen) atoms. The first-order valence-electron chi connectivity index (χ1n) is 9.24. The fourth-order valence-electron chi connectivity index (χ4n) is 3.15. The van der Waals surface area contributed by atoms with E-state index >= 15 is 0 Å². The maximum absolute atomic E-state index is 12.8. The van der Waals surface area contributed by atoms with Crippen molar-refractivity contribution in [2.45, 2.75) is 32.7 Å². The van der Waals surface area contributed by atoms with E-state index in [4.69, 9.17) is 0 Å². The number of aryl methyl sites for hydroxylation is 1. The maximum atomic E-state index is 12.8. The lowest BCUT2D eigenvalue weighted by Gasteiger charge is -2.09. The summed E-state index contributed by atoms with van der Waals surface area (Å²) < 4.78 is 1.27. The number of carbonyl (C=O) groups is 1. The van der Waals surface area contributed by atoms with E-state index in [1.807, 2.05) is 12.1 Å². The van der Waals surface area contributed by atoms with E-state index in [0.29, 0.717) is 21.1 Å². The molecular formula is C20H19N5O3S. The average molecular weight is 409 g/mol. The van der Waals surface area contributed by atoms with Gasteiger partial charge in [-0.3, -0.25) is 14.2 Å². The third-order valence-corrected chi connectivity index (χ3v) is 5.81. The Balaban J connectivity index is 1.63. The zero-order valence-electron chi connectivity index (χ0n) is 15.9. The molecule has 0 aliphatic carbocycles. The van der Waals surface area contributed by atoms with Crippen LogP contribution in [0.3, 0.4) is 0 Å². The van der Waals surface area contributed by atoms with Gasteiger partial charge in [-0.25, -0.2) is 4.98 Å². The van der Waals surface area contributed by atoms with Gasteiger partial charge in [0, 0.05) is 10.3 Å². The van der Waals surface area contributed by atoms with Gasteiger partial charge in [-0.2, -0.15) is 0 Å². The molecule has 0 radical (unpaired) electrons. The van der Waals surface area contributed by atoms with Crippen molar-refractivity contribution in [1.29, 1.82) is 0 Å². The van der Waals surface area contributed by atoms with Crippen LogP contribution in [0, 0.1) is 0 Å². The summed E-state index contributed by atoms with van der Waals surface area (Å²) in [6.45, 7) is 3.65. The highest BCUT2D eigenvalue weighted by Crippen LogP contribution is 2.35. The Morgan fingerprint density at radius 1 is 1.34 bits per heavy atom. The average Bonchev–Trinajstić information content (AvgIpc) is 3.26. The van der Waals surface area contributed by atoms with Crippen molar-refractivity contribution in [3.05, 3.63) is 51.9 Å². The van der Waals surface area contributed by atoms with Crippen LogP contribution in [0.5, 0.6) is 5.88 Å². The number of fused-ring (bicyclic) bond motifs is 2. The Labute approximate surface area is 169 Å². The summed E-state index contributed by atoms with van der Waals surface area (Å²) in [5.74, 6) is -0.778. The molecule has 4 rings (SSSR count). The van der Waals surface area contributed by atoms with Gasteiger partial charge in [0.1, 0.15) is 10.9 Å². The molecule has 148 valence electrons. The Morgan fingerprint density at radius 3 is 2.93 bits per heavy atom. The van der Waals surface area contributed by atoms with Crippen LogP contribution in [0.15, 0.2) is 51.7 Å². The Morgan fingerprint density at radius 2 is 2.14 bits per heavy atom. The van der Waals surface area contributed by atoms with Crippen LogP contribution < -0.4 is 5.56 Å². The van der Waals surface area contributed by atoms with Gasteiger partial charge in [-0.1, -0.05) is 31.5 Å². The van der Waals surface area contributed by atoms with Crippen LogP contribution in [0.4, 0.5) is 5.69 Å². The first kappa shape index (κ1) is 19.0. The van der Waals surface area contributed by atoms with Crippen molar-refractivity contribution in [3.63, 3.8) is 0 Å². The molecule has 0 saturated heterocycles. The monoisotopic (exact) mass is 409 g/mol. The van der Waals surface area contributed by atoms with E-state index in [-0.39, 0.29) is 17.1 Å². The van der Waals surface area contributed by atoms with E-state index in [1.165, 1.54) is 22.2 Å². The predicted molar refractivity (Wildman–Crippen MR) is 112 cm³/mol. The highest BCUT2D eigenvalue weighted by atomic mass is 32.1. The minimum absolute atomic E-state index is 0.169. The largest absolute Gasteiger partial charge is 0.493 e. The minimum Gasteiger partial charge on any atom is -0.493 e. The number of carbonyl (C=O) groups excluding carboxylic acids is 1. The van der Waals surface area contributed by atoms with Gasteiger partial charge < -0.3 is 10.1 Å². The number of hydrogen-bond acceptors (Lipinski definition) is 6. The normalized spacial score (nSPS) is 12.9. The number of para-hydroxylation sites is 1. The predicted octanol–water partition coefficient (Wildman–Crippen LogP) is 4.47. The number of thiophene rings is 1. The molecule has 9 heteroatoms. The zero-order valence-corrected chi connectivity index (χ0v) is 16.7. The van der Waals surface area contributed by atoms with Crippen LogP contribution >= 0.6 is 11.3 Å². The molecule has 0 saturated carbocycles. The summed E-state index contributed by atoms with van der Waals surface area (Å²) in [7, 11) is 0. The van der Waals surface area contributed by atoms with Crippen molar-refractivity contribution in [2.24, 2.45) is 10.2 Å². The van der Waals surface area contributed by atoms with Crippen LogP contribution in [0.2, 0.25) is 0 Å². The number of H-pyrrole nitrogens is 1. The van der Waals surface area contributed by atoms with E-state index < -0.39 is 11.9 Å². The van der Waals surface area contributed by atoms with E-state index in [1.54, 1.807) is 25.1 Å². The lowest BCUT2D eigenvalue weighted by atomic mass is 10.2. The summed E-state index contributed by atoms with van der Waals surface area (Å²) in [6.07, 6.45) is 3.24. The lowest BCUT2D eigenvalue weighted by molar-refractivity contribution is -0.121. The summed E-state index contributed by atoms with van der Waals surface area (Å²) in [6, 6.07) is 8.14. The lowest BCUT2D eigenvalue weighted by Crippen LogP contribution is -2.27. The molecule has 0 fully saturated rings. The van der Waals surface area contributed by atoms with Crippen molar-refractivity contribution >= 4 is 44.1 Å². The van der Waals surface area contributed by atoms with Gasteiger partial charge in [-0.15, -0.1) is 21.6 Å². The molecule has 8 nitrogen and oxygen atoms in total. The second kappa shape index (κ2) is 7.59. The van der Waals surface area contributed by atoms with Crippen LogP contribution in [0.1, 0.15) is 31.2 Å². The number of rotatable bonds is 5. The minimum atomic E-state index is -0.870. The first-order valence-corrected chi connectivity index (χ1v) is 10.1. The van der Waals surface area contributed by atoms with Gasteiger partial charge in [0.05, 0.1) is 17.2 Å². The fraction of sp³-hybridized carbons (Fsp3) is 0.250. The smallest absolute Gasteiger partial charge is 0.287 e. The summed E-state index contributed by atoms with van der Waals surface area (Å²) in [4.78, 5) is 34.2. The number of aromatic amines is 1. The SMILES string of the molecule is CCCc1cc2c(=O)n([C@@H](C)C(=O)N=Nc3c(O)[nH]c4ccccc34)cnc2s1. The molecule has 3 aromatic heterocycles. The molecule has 0 spiro atoms. The molecule has 0 unspecified atom stereocenters. The van der Waals surface area contributed by atoms with Crippen molar-refractivity contribution in [2.75, 3.05) is 0 Å². The number of nitrogens with one attached hydrogen (secondary N) is 1. The topological polar surface area (TPSA) is 113 Å². The number of aromatic hydroxyl groups is 1. The molecule has 2 N–H and O–H groups in total. The number of azo groups is 1. The third-order valence-electron chi connectivity index (χ3n) is 4.71. The molecular weight excluding hydrogens is 390 g/mol. The second-order valence-electron chi connectivity index (χ2n) is 6.72. The number of hydrogen-bond donors (Lipinski definition) is 2. The Bertz CT molecular complexity index is 1300. The van der Waals surface area contributed by atoms with Gasteiger partial charge >= 0.3 is 0 Å². The van der Waals surface area contributed by atoms with Gasteiger partial charge in [0.25, 0.3) is 11.5 Å². The number of aromatic nitrogens is 3. The van der Waals surface area contributed by atoms with Crippen LogP contribution in [-0.2, 0) is 11.2 Å². The van der Waals surface area contributed by atoms with Gasteiger partial charge in [-0.05, 0) is 25.5 Å². The Hall–Kier alpha value is -3.33. The molecule has 0 bridgehead atoms. The van der Waals surface area contributed by atoms with E-state index in [0.717, 1.165) is 17.7 Å². The maximum Gasteiger partial charge on any atom is 0.287 e.